The predicted octanol–water partition coefficient (Wildman–Crippen LogP) is 1.63. The Morgan fingerprint density at radius 2 is 1.58 bits per heavy atom. The summed E-state index contributed by atoms with van der Waals surface area (Å²) in [5.74, 6) is 0. The number of para-hydroxylation sites is 2. The van der Waals surface area contributed by atoms with Crippen LogP contribution in [0.1, 0.15) is 6.92 Å². The van der Waals surface area contributed by atoms with Crippen LogP contribution >= 0.6 is 0 Å². The highest BCUT2D eigenvalue weighted by Crippen LogP contribution is 2.28. The van der Waals surface area contributed by atoms with Crippen molar-refractivity contribution in [1.82, 2.24) is 10.6 Å². The lowest BCUT2D eigenvalue weighted by Gasteiger charge is -2.27. The Hall–Kier alpha value is -2.24. The number of hydrogen-bond donors (Lipinski definition) is 2. The molecular formula is C13H20N4O2. The first-order chi connectivity index (χ1) is 9.06. The van der Waals surface area contributed by atoms with E-state index in [0.29, 0.717) is 17.9 Å². The monoisotopic (exact) mass is 264 g/mol. The molecule has 19 heavy (non-hydrogen) atoms. The summed E-state index contributed by atoms with van der Waals surface area (Å²) < 4.78 is 0. The smallest absolute Gasteiger partial charge is 0.321 e. The highest BCUT2D eigenvalue weighted by atomic mass is 16.2. The van der Waals surface area contributed by atoms with E-state index < -0.39 is 0 Å². The molecule has 0 radical (unpaired) electrons. The molecule has 4 amide bonds. The Kier molecular flexibility index (Phi) is 5.17. The van der Waals surface area contributed by atoms with Gasteiger partial charge in [0.2, 0.25) is 0 Å². The van der Waals surface area contributed by atoms with E-state index in [2.05, 4.69) is 10.6 Å². The molecule has 0 aromatic heterocycles. The second kappa shape index (κ2) is 6.63. The normalized spacial score (nSPS) is 9.68. The van der Waals surface area contributed by atoms with E-state index in [0.717, 1.165) is 0 Å². The number of rotatable bonds is 3. The molecule has 0 heterocycles. The number of carbonyl (C=O) groups excluding carboxylic acids is 2. The van der Waals surface area contributed by atoms with Crippen LogP contribution in [0.4, 0.5) is 21.0 Å². The van der Waals surface area contributed by atoms with Gasteiger partial charge in [-0.2, -0.15) is 0 Å². The van der Waals surface area contributed by atoms with Crippen LogP contribution in [0.3, 0.4) is 0 Å². The zero-order valence-electron chi connectivity index (χ0n) is 11.7. The summed E-state index contributed by atoms with van der Waals surface area (Å²) in [6.45, 7) is 2.39. The molecule has 0 spiro atoms. The summed E-state index contributed by atoms with van der Waals surface area (Å²) in [6, 6.07) is 6.84. The van der Waals surface area contributed by atoms with Gasteiger partial charge in [-0.15, -0.1) is 0 Å². The van der Waals surface area contributed by atoms with E-state index in [-0.39, 0.29) is 12.1 Å². The second-order valence-corrected chi connectivity index (χ2v) is 3.90. The van der Waals surface area contributed by atoms with Crippen LogP contribution in [0.5, 0.6) is 0 Å². The largest absolute Gasteiger partial charge is 0.341 e. The van der Waals surface area contributed by atoms with Crippen LogP contribution in [0.2, 0.25) is 0 Å². The standard InChI is InChI=1S/C13H20N4O2/c1-5-17(13(19)15-3)11-9-7-6-8-10(11)16(4)12(18)14-2/h6-9H,5H2,1-4H3,(H,14,18)(H,15,19). The molecule has 0 aliphatic carbocycles. The maximum Gasteiger partial charge on any atom is 0.321 e. The van der Waals surface area contributed by atoms with Gasteiger partial charge < -0.3 is 10.6 Å². The van der Waals surface area contributed by atoms with Gasteiger partial charge >= 0.3 is 12.1 Å². The van der Waals surface area contributed by atoms with Gasteiger partial charge in [-0.05, 0) is 19.1 Å². The topological polar surface area (TPSA) is 64.7 Å². The first-order valence-corrected chi connectivity index (χ1v) is 6.10. The van der Waals surface area contributed by atoms with Gasteiger partial charge in [-0.1, -0.05) is 12.1 Å². The number of nitrogens with one attached hydrogen (secondary N) is 2. The highest BCUT2D eigenvalue weighted by Gasteiger charge is 2.19. The van der Waals surface area contributed by atoms with E-state index in [4.69, 9.17) is 0 Å². The number of anilines is 2. The van der Waals surface area contributed by atoms with Crippen LogP contribution in [-0.2, 0) is 0 Å². The van der Waals surface area contributed by atoms with Crippen molar-refractivity contribution in [2.45, 2.75) is 6.92 Å². The Morgan fingerprint density at radius 1 is 1.05 bits per heavy atom. The molecule has 0 aliphatic rings. The third kappa shape index (κ3) is 3.15. The van der Waals surface area contributed by atoms with Gasteiger partial charge in [0.05, 0.1) is 11.4 Å². The van der Waals surface area contributed by atoms with Crippen molar-refractivity contribution < 1.29 is 9.59 Å². The van der Waals surface area contributed by atoms with Crippen molar-refractivity contribution in [3.05, 3.63) is 24.3 Å². The minimum atomic E-state index is -0.236. The Labute approximate surface area is 113 Å². The van der Waals surface area contributed by atoms with Crippen LogP contribution in [0, 0.1) is 0 Å². The predicted molar refractivity (Wildman–Crippen MR) is 76.8 cm³/mol. The van der Waals surface area contributed by atoms with E-state index in [1.165, 1.54) is 4.90 Å². The number of benzene rings is 1. The number of urea groups is 2. The van der Waals surface area contributed by atoms with E-state index in [9.17, 15) is 9.59 Å². The van der Waals surface area contributed by atoms with Crippen molar-refractivity contribution in [2.24, 2.45) is 0 Å². The fourth-order valence-corrected chi connectivity index (χ4v) is 1.81. The summed E-state index contributed by atoms with van der Waals surface area (Å²) in [4.78, 5) is 26.6. The maximum absolute atomic E-state index is 11.9. The van der Waals surface area contributed by atoms with Crippen molar-refractivity contribution in [1.29, 1.82) is 0 Å². The van der Waals surface area contributed by atoms with Gasteiger partial charge in [-0.3, -0.25) is 9.80 Å². The number of carbonyl (C=O) groups is 2. The van der Waals surface area contributed by atoms with Crippen molar-refractivity contribution in [3.8, 4) is 0 Å². The van der Waals surface area contributed by atoms with Gasteiger partial charge in [-0.25, -0.2) is 9.59 Å². The van der Waals surface area contributed by atoms with Gasteiger partial charge in [0, 0.05) is 27.7 Å². The number of hydrogen-bond acceptors (Lipinski definition) is 2. The zero-order valence-corrected chi connectivity index (χ0v) is 11.7. The average molecular weight is 264 g/mol. The molecule has 0 saturated heterocycles. The molecule has 0 saturated carbocycles. The lowest BCUT2D eigenvalue weighted by molar-refractivity contribution is 0.247. The second-order valence-electron chi connectivity index (χ2n) is 3.90. The third-order valence-corrected chi connectivity index (χ3v) is 2.83. The van der Waals surface area contributed by atoms with Crippen LogP contribution < -0.4 is 20.4 Å². The molecule has 0 aliphatic heterocycles. The fraction of sp³-hybridized carbons (Fsp3) is 0.385. The maximum atomic E-state index is 11.9. The van der Waals surface area contributed by atoms with Gasteiger partial charge in [0.25, 0.3) is 0 Å². The van der Waals surface area contributed by atoms with Crippen molar-refractivity contribution >= 4 is 23.4 Å². The zero-order chi connectivity index (χ0) is 14.4. The number of nitrogens with zero attached hydrogens (tertiary/aromatic N) is 2. The van der Waals surface area contributed by atoms with Crippen LogP contribution in [-0.4, -0.2) is 39.8 Å². The lowest BCUT2D eigenvalue weighted by atomic mass is 10.2. The molecular weight excluding hydrogens is 244 g/mol. The summed E-state index contributed by atoms with van der Waals surface area (Å²) >= 11 is 0. The summed E-state index contributed by atoms with van der Waals surface area (Å²) in [5.41, 5.74) is 1.36. The van der Waals surface area contributed by atoms with E-state index in [1.807, 2.05) is 25.1 Å². The molecule has 2 N–H and O–H groups in total. The highest BCUT2D eigenvalue weighted by molar-refractivity contribution is 6.00. The first kappa shape index (κ1) is 14.8. The molecule has 1 rings (SSSR count). The van der Waals surface area contributed by atoms with E-state index >= 15 is 0 Å². The molecule has 0 unspecified atom stereocenters. The molecule has 0 bridgehead atoms. The minimum absolute atomic E-state index is 0.208. The average Bonchev–Trinajstić information content (AvgIpc) is 2.46. The quantitative estimate of drug-likeness (QED) is 0.871. The minimum Gasteiger partial charge on any atom is -0.341 e. The molecule has 6 nitrogen and oxygen atoms in total. The Balaban J connectivity index is 3.21. The van der Waals surface area contributed by atoms with Crippen molar-refractivity contribution in [2.75, 3.05) is 37.5 Å². The lowest BCUT2D eigenvalue weighted by Crippen LogP contribution is -2.40. The molecule has 104 valence electrons. The molecule has 1 aromatic rings. The molecule has 0 fully saturated rings. The van der Waals surface area contributed by atoms with Crippen molar-refractivity contribution in [3.63, 3.8) is 0 Å². The van der Waals surface area contributed by atoms with Crippen LogP contribution in [0.25, 0.3) is 0 Å². The molecule has 0 atom stereocenters. The Morgan fingerprint density at radius 3 is 2.05 bits per heavy atom. The summed E-state index contributed by atoms with van der Waals surface area (Å²) in [6.07, 6.45) is 0. The van der Waals surface area contributed by atoms with Gasteiger partial charge in [0.1, 0.15) is 0 Å². The molecule has 6 heteroatoms. The first-order valence-electron chi connectivity index (χ1n) is 6.10. The fourth-order valence-electron chi connectivity index (χ4n) is 1.81. The summed E-state index contributed by atoms with van der Waals surface area (Å²) in [7, 11) is 4.81. The molecule has 1 aromatic carbocycles. The Bertz CT molecular complexity index is 462. The van der Waals surface area contributed by atoms with Gasteiger partial charge in [0.15, 0.2) is 0 Å². The number of amides is 4. The van der Waals surface area contributed by atoms with Crippen LogP contribution in [0.15, 0.2) is 24.3 Å². The summed E-state index contributed by atoms with van der Waals surface area (Å²) in [5, 5.41) is 5.15. The third-order valence-electron chi connectivity index (χ3n) is 2.83. The SMILES string of the molecule is CCN(C(=O)NC)c1ccccc1N(C)C(=O)NC. The van der Waals surface area contributed by atoms with E-state index in [1.54, 1.807) is 32.1 Å².